The van der Waals surface area contributed by atoms with Gasteiger partial charge in [-0.05, 0) is 13.0 Å². The Morgan fingerprint density at radius 3 is 3.13 bits per heavy atom. The van der Waals surface area contributed by atoms with Crippen molar-refractivity contribution >= 4 is 5.97 Å². The summed E-state index contributed by atoms with van der Waals surface area (Å²) in [6, 6.07) is 0. The Kier molecular flexibility index (Phi) is 2.73. The lowest BCUT2D eigenvalue weighted by atomic mass is 10.1. The number of aromatic amines is 1. The molecule has 0 atom stereocenters. The van der Waals surface area contributed by atoms with Gasteiger partial charge in [0.15, 0.2) is 5.69 Å². The van der Waals surface area contributed by atoms with Crippen LogP contribution in [0.25, 0.3) is 0 Å². The number of hydrogen-bond acceptors (Lipinski definition) is 3. The first kappa shape index (κ1) is 10.2. The lowest BCUT2D eigenvalue weighted by Gasteiger charge is -2.25. The number of nitrogens with zero attached hydrogens (tertiary/aromatic N) is 2. The van der Waals surface area contributed by atoms with Gasteiger partial charge in [0.05, 0.1) is 0 Å². The van der Waals surface area contributed by atoms with Crippen molar-refractivity contribution in [3.63, 3.8) is 0 Å². The summed E-state index contributed by atoms with van der Waals surface area (Å²) in [5.41, 5.74) is 2.03. The van der Waals surface area contributed by atoms with Crippen LogP contribution in [-0.2, 0) is 13.0 Å². The molecule has 0 aliphatic carbocycles. The van der Waals surface area contributed by atoms with Crippen LogP contribution in [0, 0.1) is 0 Å². The summed E-state index contributed by atoms with van der Waals surface area (Å²) in [5, 5.41) is 15.6. The normalized spacial score (nSPS) is 16.3. The molecule has 0 aromatic carbocycles. The highest BCUT2D eigenvalue weighted by Crippen LogP contribution is 2.20. The molecule has 2 rings (SSSR count). The van der Waals surface area contributed by atoms with E-state index in [4.69, 9.17) is 5.11 Å². The first-order valence-corrected chi connectivity index (χ1v) is 5.24. The fourth-order valence-corrected chi connectivity index (χ4v) is 2.03. The topological polar surface area (TPSA) is 69.2 Å². The zero-order chi connectivity index (χ0) is 10.8. The van der Waals surface area contributed by atoms with Crippen LogP contribution in [-0.4, -0.2) is 39.3 Å². The minimum absolute atomic E-state index is 0.186. The van der Waals surface area contributed by atoms with Crippen molar-refractivity contribution < 1.29 is 9.90 Å². The van der Waals surface area contributed by atoms with Gasteiger partial charge < -0.3 is 5.11 Å². The van der Waals surface area contributed by atoms with Crippen LogP contribution < -0.4 is 0 Å². The van der Waals surface area contributed by atoms with Gasteiger partial charge in [-0.2, -0.15) is 5.10 Å². The third-order valence-corrected chi connectivity index (χ3v) is 2.75. The smallest absolute Gasteiger partial charge is 0.356 e. The SMILES string of the molecule is CCCN1CCc2[nH]nc(C(=O)O)c2C1. The Balaban J connectivity index is 2.22. The van der Waals surface area contributed by atoms with Crippen LogP contribution in [0.2, 0.25) is 0 Å². The van der Waals surface area contributed by atoms with Crippen molar-refractivity contribution in [2.45, 2.75) is 26.3 Å². The second-order valence-corrected chi connectivity index (χ2v) is 3.86. The predicted molar refractivity (Wildman–Crippen MR) is 54.8 cm³/mol. The summed E-state index contributed by atoms with van der Waals surface area (Å²) >= 11 is 0. The molecule has 0 bridgehead atoms. The van der Waals surface area contributed by atoms with Gasteiger partial charge in [-0.1, -0.05) is 6.92 Å². The number of nitrogens with one attached hydrogen (secondary N) is 1. The fraction of sp³-hybridized carbons (Fsp3) is 0.600. The van der Waals surface area contributed by atoms with E-state index in [-0.39, 0.29) is 5.69 Å². The Morgan fingerprint density at radius 1 is 1.67 bits per heavy atom. The number of hydrogen-bond donors (Lipinski definition) is 2. The maximum absolute atomic E-state index is 10.9. The summed E-state index contributed by atoms with van der Waals surface area (Å²) in [4.78, 5) is 13.2. The van der Waals surface area contributed by atoms with E-state index in [1.807, 2.05) is 0 Å². The number of H-pyrrole nitrogens is 1. The Labute approximate surface area is 88.1 Å². The third-order valence-electron chi connectivity index (χ3n) is 2.75. The molecule has 1 aromatic rings. The second-order valence-electron chi connectivity index (χ2n) is 3.86. The molecule has 5 heteroatoms. The van der Waals surface area contributed by atoms with Crippen molar-refractivity contribution in [2.75, 3.05) is 13.1 Å². The predicted octanol–water partition coefficient (Wildman–Crippen LogP) is 0.876. The molecule has 0 radical (unpaired) electrons. The van der Waals surface area contributed by atoms with Crippen molar-refractivity contribution in [1.29, 1.82) is 0 Å². The van der Waals surface area contributed by atoms with Crippen molar-refractivity contribution in [3.05, 3.63) is 17.0 Å². The molecule has 1 aliphatic heterocycles. The number of aromatic carboxylic acids is 1. The molecule has 15 heavy (non-hydrogen) atoms. The molecule has 0 spiro atoms. The molecule has 1 aromatic heterocycles. The Bertz CT molecular complexity index is 373. The van der Waals surface area contributed by atoms with E-state index in [1.54, 1.807) is 0 Å². The number of carboxylic acids is 1. The first-order chi connectivity index (χ1) is 7.22. The zero-order valence-corrected chi connectivity index (χ0v) is 8.79. The molecule has 0 unspecified atom stereocenters. The van der Waals surface area contributed by atoms with Gasteiger partial charge in [-0.3, -0.25) is 10.00 Å². The van der Waals surface area contributed by atoms with E-state index in [1.165, 1.54) is 0 Å². The fourth-order valence-electron chi connectivity index (χ4n) is 2.03. The minimum atomic E-state index is -0.939. The monoisotopic (exact) mass is 209 g/mol. The van der Waals surface area contributed by atoms with Crippen molar-refractivity contribution in [3.8, 4) is 0 Å². The highest BCUT2D eigenvalue weighted by Gasteiger charge is 2.24. The maximum atomic E-state index is 10.9. The van der Waals surface area contributed by atoms with E-state index in [0.717, 1.165) is 37.2 Å². The number of carbonyl (C=O) groups is 1. The van der Waals surface area contributed by atoms with E-state index in [0.29, 0.717) is 6.54 Å². The molecule has 0 amide bonds. The molecule has 5 nitrogen and oxygen atoms in total. The molecule has 0 saturated carbocycles. The van der Waals surface area contributed by atoms with Crippen LogP contribution in [0.15, 0.2) is 0 Å². The molecular formula is C10H15N3O2. The van der Waals surface area contributed by atoms with Crippen LogP contribution in [0.1, 0.15) is 35.1 Å². The molecule has 2 heterocycles. The van der Waals surface area contributed by atoms with Gasteiger partial charge in [0.25, 0.3) is 0 Å². The average molecular weight is 209 g/mol. The zero-order valence-electron chi connectivity index (χ0n) is 8.79. The summed E-state index contributed by atoms with van der Waals surface area (Å²) in [5.74, 6) is -0.939. The Morgan fingerprint density at radius 2 is 2.47 bits per heavy atom. The molecule has 2 N–H and O–H groups in total. The van der Waals surface area contributed by atoms with Crippen LogP contribution in [0.4, 0.5) is 0 Å². The van der Waals surface area contributed by atoms with Gasteiger partial charge in [-0.25, -0.2) is 4.79 Å². The lowest BCUT2D eigenvalue weighted by molar-refractivity contribution is 0.0687. The summed E-state index contributed by atoms with van der Waals surface area (Å²) in [7, 11) is 0. The maximum Gasteiger partial charge on any atom is 0.356 e. The van der Waals surface area contributed by atoms with E-state index in [2.05, 4.69) is 22.0 Å². The van der Waals surface area contributed by atoms with E-state index < -0.39 is 5.97 Å². The number of carboxylic acid groups (broad SMARTS) is 1. The van der Waals surface area contributed by atoms with Crippen LogP contribution in [0.3, 0.4) is 0 Å². The van der Waals surface area contributed by atoms with Gasteiger partial charge >= 0.3 is 5.97 Å². The van der Waals surface area contributed by atoms with Gasteiger partial charge in [0.2, 0.25) is 0 Å². The first-order valence-electron chi connectivity index (χ1n) is 5.24. The molecule has 1 aliphatic rings. The molecule has 0 fully saturated rings. The van der Waals surface area contributed by atoms with E-state index in [9.17, 15) is 4.79 Å². The van der Waals surface area contributed by atoms with Gasteiger partial charge in [0, 0.05) is 30.8 Å². The van der Waals surface area contributed by atoms with Crippen molar-refractivity contribution in [1.82, 2.24) is 15.1 Å². The number of rotatable bonds is 3. The summed E-state index contributed by atoms with van der Waals surface area (Å²) < 4.78 is 0. The summed E-state index contributed by atoms with van der Waals surface area (Å²) in [6.45, 7) is 4.84. The van der Waals surface area contributed by atoms with Crippen LogP contribution >= 0.6 is 0 Å². The molecule has 0 saturated heterocycles. The standard InChI is InChI=1S/C10H15N3O2/c1-2-4-13-5-3-8-7(6-13)9(10(14)15)12-11-8/h2-6H2,1H3,(H,11,12)(H,14,15). The lowest BCUT2D eigenvalue weighted by Crippen LogP contribution is -2.31. The highest BCUT2D eigenvalue weighted by atomic mass is 16.4. The quantitative estimate of drug-likeness (QED) is 0.775. The second kappa shape index (κ2) is 4.02. The largest absolute Gasteiger partial charge is 0.476 e. The van der Waals surface area contributed by atoms with Crippen LogP contribution in [0.5, 0.6) is 0 Å². The number of aromatic nitrogens is 2. The minimum Gasteiger partial charge on any atom is -0.476 e. The highest BCUT2D eigenvalue weighted by molar-refractivity contribution is 5.87. The van der Waals surface area contributed by atoms with Crippen molar-refractivity contribution in [2.24, 2.45) is 0 Å². The molecular weight excluding hydrogens is 194 g/mol. The number of fused-ring (bicyclic) bond motifs is 1. The average Bonchev–Trinajstić information content (AvgIpc) is 2.61. The van der Waals surface area contributed by atoms with Gasteiger partial charge in [-0.15, -0.1) is 0 Å². The Hall–Kier alpha value is -1.36. The summed E-state index contributed by atoms with van der Waals surface area (Å²) in [6.07, 6.45) is 1.96. The third kappa shape index (κ3) is 1.87. The van der Waals surface area contributed by atoms with E-state index >= 15 is 0 Å². The van der Waals surface area contributed by atoms with Gasteiger partial charge in [0.1, 0.15) is 0 Å². The molecule has 82 valence electrons.